The van der Waals surface area contributed by atoms with Crippen LogP contribution in [0.4, 0.5) is 0 Å². The van der Waals surface area contributed by atoms with Crippen LogP contribution >= 0.6 is 0 Å². The molecule has 58 heavy (non-hydrogen) atoms. The molecule has 3 heterocycles. The van der Waals surface area contributed by atoms with E-state index in [1.165, 1.54) is 50.6 Å². The zero-order chi connectivity index (χ0) is 42.3. The van der Waals surface area contributed by atoms with E-state index in [2.05, 4.69) is 0 Å². The molecule has 0 radical (unpaired) electrons. The quantitative estimate of drug-likeness (QED) is 0.0575. The van der Waals surface area contributed by atoms with E-state index in [-0.39, 0.29) is 36.0 Å². The SMILES string of the molecule is COc1ccc(CCOC2OC(COC(=O)C=Cc3ccc(O)c(OC)c3)C(O)C(OC3OC(CO)C(O)C(O)C3OC3OC(CO)C(O)C(O)C3O)C2O)cc1O. The summed E-state index contributed by atoms with van der Waals surface area (Å²) in [7, 11) is 2.74. The highest BCUT2D eigenvalue weighted by molar-refractivity contribution is 5.87. The maximum absolute atomic E-state index is 12.8. The lowest BCUT2D eigenvalue weighted by Crippen LogP contribution is -2.67. The van der Waals surface area contributed by atoms with Crippen molar-refractivity contribution in [1.82, 2.24) is 0 Å². The number of carbonyl (C=O) groups excluding carboxylic acids is 1. The molecule has 0 saturated carbocycles. The van der Waals surface area contributed by atoms with Crippen molar-refractivity contribution in [2.75, 3.05) is 40.6 Å². The second-order valence-electron chi connectivity index (χ2n) is 13.7. The van der Waals surface area contributed by atoms with Crippen LogP contribution in [0.5, 0.6) is 23.0 Å². The van der Waals surface area contributed by atoms with E-state index in [1.54, 1.807) is 6.07 Å². The zero-order valence-corrected chi connectivity index (χ0v) is 31.3. The van der Waals surface area contributed by atoms with Crippen LogP contribution in [0.3, 0.4) is 0 Å². The molecule has 2 aromatic carbocycles. The van der Waals surface area contributed by atoms with Crippen molar-refractivity contribution in [2.45, 2.75) is 98.5 Å². The number of ether oxygens (including phenoxy) is 9. The van der Waals surface area contributed by atoms with Gasteiger partial charge in [-0.1, -0.05) is 12.1 Å². The molecule has 3 aliphatic rings. The first-order valence-electron chi connectivity index (χ1n) is 18.2. The number of aliphatic hydroxyl groups is 9. The molecular weight excluding hydrogens is 780 g/mol. The lowest BCUT2D eigenvalue weighted by molar-refractivity contribution is -0.389. The van der Waals surface area contributed by atoms with Crippen molar-refractivity contribution in [3.63, 3.8) is 0 Å². The van der Waals surface area contributed by atoms with E-state index >= 15 is 0 Å². The molecule has 0 bridgehead atoms. The normalized spacial score (nSPS) is 35.5. The third kappa shape index (κ3) is 10.5. The Morgan fingerprint density at radius 1 is 0.655 bits per heavy atom. The zero-order valence-electron chi connectivity index (χ0n) is 31.3. The summed E-state index contributed by atoms with van der Waals surface area (Å²) in [5, 5.41) is 115. The van der Waals surface area contributed by atoms with Crippen molar-refractivity contribution in [1.29, 1.82) is 0 Å². The Kier molecular flexibility index (Phi) is 16.0. The maximum Gasteiger partial charge on any atom is 0.330 e. The van der Waals surface area contributed by atoms with Gasteiger partial charge in [0.25, 0.3) is 0 Å². The van der Waals surface area contributed by atoms with Crippen LogP contribution in [-0.4, -0.2) is 195 Å². The number of aliphatic hydroxyl groups excluding tert-OH is 9. The summed E-state index contributed by atoms with van der Waals surface area (Å²) >= 11 is 0. The van der Waals surface area contributed by atoms with Gasteiger partial charge in [0.05, 0.1) is 34.0 Å². The first-order valence-corrected chi connectivity index (χ1v) is 18.2. The van der Waals surface area contributed by atoms with E-state index in [0.717, 1.165) is 6.08 Å². The van der Waals surface area contributed by atoms with Gasteiger partial charge in [-0.15, -0.1) is 0 Å². The maximum atomic E-state index is 12.8. The van der Waals surface area contributed by atoms with Gasteiger partial charge >= 0.3 is 5.97 Å². The minimum atomic E-state index is -1.97. The monoisotopic (exact) mass is 830 g/mol. The highest BCUT2D eigenvalue weighted by atomic mass is 16.8. The van der Waals surface area contributed by atoms with Crippen molar-refractivity contribution in [3.05, 3.63) is 53.6 Å². The number of benzene rings is 2. The second kappa shape index (κ2) is 20.5. The van der Waals surface area contributed by atoms with Crippen LogP contribution in [-0.2, 0) is 44.4 Å². The van der Waals surface area contributed by atoms with E-state index in [0.29, 0.717) is 11.1 Å². The predicted octanol–water partition coefficient (Wildman–Crippen LogP) is -3.61. The van der Waals surface area contributed by atoms with Crippen LogP contribution in [0, 0.1) is 0 Å². The van der Waals surface area contributed by atoms with Gasteiger partial charge in [0.2, 0.25) is 0 Å². The number of carbonyl (C=O) groups is 1. The first kappa shape index (κ1) is 45.3. The van der Waals surface area contributed by atoms with E-state index < -0.39 is 118 Å². The fourth-order valence-corrected chi connectivity index (χ4v) is 6.50. The van der Waals surface area contributed by atoms with Crippen LogP contribution in [0.15, 0.2) is 42.5 Å². The molecule has 3 aliphatic heterocycles. The molecular formula is C37H50O21. The van der Waals surface area contributed by atoms with E-state index in [9.17, 15) is 61.0 Å². The fourth-order valence-electron chi connectivity index (χ4n) is 6.50. The topological polar surface area (TPSA) is 323 Å². The van der Waals surface area contributed by atoms with Crippen molar-refractivity contribution >= 4 is 12.0 Å². The van der Waals surface area contributed by atoms with Gasteiger partial charge in [0, 0.05) is 6.08 Å². The number of hydrogen-bond acceptors (Lipinski definition) is 21. The summed E-state index contributed by atoms with van der Waals surface area (Å²) in [6.45, 7) is -2.46. The summed E-state index contributed by atoms with van der Waals surface area (Å²) in [6.07, 6.45) is -23.9. The molecule has 0 spiro atoms. The first-order chi connectivity index (χ1) is 27.7. The number of hydrogen-bond donors (Lipinski definition) is 11. The third-order valence-electron chi connectivity index (χ3n) is 9.82. The standard InChI is InChI=1S/C37H50O21/c1-50-20-7-4-17(11-19(20)41)9-10-52-35-32(49)33(28(45)24(56-35)15-53-25(42)8-5-16-3-6-18(40)21(12-16)51-2)57-37-34(30(47)27(44)23(14-39)55-37)58-36-31(48)29(46)26(43)22(13-38)54-36/h3-8,11-12,22-24,26-41,43-49H,9-10,13-15H2,1-2H3. The molecule has 0 aliphatic carbocycles. The second-order valence-corrected chi connectivity index (χ2v) is 13.7. The van der Waals surface area contributed by atoms with Gasteiger partial charge in [-0.3, -0.25) is 0 Å². The molecule has 11 N–H and O–H groups in total. The summed E-state index contributed by atoms with van der Waals surface area (Å²) < 4.78 is 49.9. The smallest absolute Gasteiger partial charge is 0.330 e. The van der Waals surface area contributed by atoms with Crippen LogP contribution < -0.4 is 9.47 Å². The Balaban J connectivity index is 1.36. The van der Waals surface area contributed by atoms with Gasteiger partial charge in [0.15, 0.2) is 41.9 Å². The Hall–Kier alpha value is -3.75. The highest BCUT2D eigenvalue weighted by Crippen LogP contribution is 2.34. The van der Waals surface area contributed by atoms with Gasteiger partial charge < -0.3 is 98.8 Å². The molecule has 5 rings (SSSR count). The van der Waals surface area contributed by atoms with Crippen molar-refractivity contribution in [3.8, 4) is 23.0 Å². The number of esters is 1. The lowest BCUT2D eigenvalue weighted by atomic mass is 9.96. The Morgan fingerprint density at radius 3 is 1.95 bits per heavy atom. The van der Waals surface area contributed by atoms with Gasteiger partial charge in [-0.2, -0.15) is 0 Å². The third-order valence-corrected chi connectivity index (χ3v) is 9.82. The largest absolute Gasteiger partial charge is 0.504 e. The highest BCUT2D eigenvalue weighted by Gasteiger charge is 2.54. The summed E-state index contributed by atoms with van der Waals surface area (Å²) in [6, 6.07) is 8.96. The molecule has 3 fully saturated rings. The van der Waals surface area contributed by atoms with Crippen LogP contribution in [0.2, 0.25) is 0 Å². The van der Waals surface area contributed by atoms with E-state index in [1.807, 2.05) is 0 Å². The summed E-state index contributed by atoms with van der Waals surface area (Å²) in [4.78, 5) is 12.8. The van der Waals surface area contributed by atoms with Crippen molar-refractivity contribution < 1.29 is 104 Å². The molecule has 21 heteroatoms. The Bertz CT molecular complexity index is 1660. The Morgan fingerprint density at radius 2 is 1.29 bits per heavy atom. The molecule has 21 nitrogen and oxygen atoms in total. The lowest BCUT2D eigenvalue weighted by Gasteiger charge is -2.48. The number of methoxy groups -OCH3 is 2. The molecule has 3 saturated heterocycles. The minimum absolute atomic E-state index is 0.119. The average molecular weight is 831 g/mol. The number of aromatic hydroxyl groups is 2. The predicted molar refractivity (Wildman–Crippen MR) is 191 cm³/mol. The minimum Gasteiger partial charge on any atom is -0.504 e. The molecule has 0 aromatic heterocycles. The van der Waals surface area contributed by atoms with Gasteiger partial charge in [0.1, 0.15) is 79.9 Å². The number of phenols is 2. The average Bonchev–Trinajstić information content (AvgIpc) is 3.21. The number of rotatable bonds is 16. The molecule has 15 unspecified atom stereocenters. The fraction of sp³-hybridized carbons (Fsp3) is 0.595. The van der Waals surface area contributed by atoms with Gasteiger partial charge in [-0.05, 0) is 47.9 Å². The summed E-state index contributed by atoms with van der Waals surface area (Å²) in [5.74, 6) is -0.753. The molecule has 0 amide bonds. The van der Waals surface area contributed by atoms with E-state index in [4.69, 9.17) is 42.6 Å². The number of phenolic OH excluding ortho intramolecular Hbond substituents is 2. The molecule has 2 aromatic rings. The molecule has 324 valence electrons. The van der Waals surface area contributed by atoms with Gasteiger partial charge in [-0.25, -0.2) is 4.79 Å². The van der Waals surface area contributed by atoms with Crippen LogP contribution in [0.1, 0.15) is 11.1 Å². The Labute approximate surface area is 331 Å². The molecule has 15 atom stereocenters. The van der Waals surface area contributed by atoms with Crippen molar-refractivity contribution in [2.24, 2.45) is 0 Å². The van der Waals surface area contributed by atoms with Crippen LogP contribution in [0.25, 0.3) is 6.08 Å². The summed E-state index contributed by atoms with van der Waals surface area (Å²) in [5.41, 5.74) is 1.07.